The molecular weight excluding hydrogens is 350 g/mol. The third kappa shape index (κ3) is 3.55. The zero-order valence-corrected chi connectivity index (χ0v) is 16.4. The number of piperidine rings is 4. The Hall–Kier alpha value is -2.27. The van der Waals surface area contributed by atoms with E-state index in [0.717, 1.165) is 31.0 Å². The number of fused-ring (bicyclic) bond motifs is 3. The molecule has 4 aliphatic rings. The normalized spacial score (nSPS) is 27.0. The summed E-state index contributed by atoms with van der Waals surface area (Å²) in [6.45, 7) is 5.57. The molecule has 1 amide bonds. The number of anilines is 1. The second-order valence-electron chi connectivity index (χ2n) is 8.48. The minimum atomic E-state index is -0.0859. The van der Waals surface area contributed by atoms with E-state index < -0.39 is 0 Å². The van der Waals surface area contributed by atoms with Crippen LogP contribution >= 0.6 is 0 Å². The highest BCUT2D eigenvalue weighted by molar-refractivity contribution is 5.92. The second-order valence-corrected chi connectivity index (χ2v) is 8.48. The number of furan rings is 1. The number of nitrogens with one attached hydrogen (secondary N) is 1. The second kappa shape index (κ2) is 7.63. The van der Waals surface area contributed by atoms with Crippen LogP contribution < -0.4 is 10.2 Å². The van der Waals surface area contributed by atoms with Crippen LogP contribution in [0.1, 0.15) is 42.7 Å². The van der Waals surface area contributed by atoms with E-state index in [1.807, 2.05) is 6.07 Å². The third-order valence-electron chi connectivity index (χ3n) is 6.65. The van der Waals surface area contributed by atoms with E-state index in [4.69, 9.17) is 4.42 Å². The molecule has 4 aliphatic heterocycles. The lowest BCUT2D eigenvalue weighted by Crippen LogP contribution is -2.57. The molecule has 0 unspecified atom stereocenters. The van der Waals surface area contributed by atoms with Gasteiger partial charge in [-0.05, 0) is 75.4 Å². The van der Waals surface area contributed by atoms with Crippen molar-refractivity contribution in [2.24, 2.45) is 5.92 Å². The van der Waals surface area contributed by atoms with Gasteiger partial charge in [-0.15, -0.1) is 0 Å². The molecule has 0 saturated carbocycles. The summed E-state index contributed by atoms with van der Waals surface area (Å²) in [6.07, 6.45) is 6.23. The Bertz CT molecular complexity index is 832. The summed E-state index contributed by atoms with van der Waals surface area (Å²) in [6, 6.07) is 12.5. The van der Waals surface area contributed by atoms with Gasteiger partial charge in [0.15, 0.2) is 5.76 Å². The Morgan fingerprint density at radius 2 is 1.82 bits per heavy atom. The van der Waals surface area contributed by atoms with Crippen LogP contribution in [0.15, 0.2) is 40.8 Å². The number of nitrogens with zero attached hydrogens (tertiary/aromatic N) is 2. The lowest BCUT2D eigenvalue weighted by atomic mass is 9.84. The van der Waals surface area contributed by atoms with Crippen LogP contribution in [0.2, 0.25) is 0 Å². The molecule has 2 bridgehead atoms. The van der Waals surface area contributed by atoms with Crippen molar-refractivity contribution in [2.75, 3.05) is 37.6 Å². The van der Waals surface area contributed by atoms with Crippen LogP contribution in [0.3, 0.4) is 0 Å². The molecule has 1 aromatic carbocycles. The average molecular weight is 380 g/mol. The molecule has 6 rings (SSSR count). The van der Waals surface area contributed by atoms with Gasteiger partial charge in [-0.3, -0.25) is 4.79 Å². The largest absolute Gasteiger partial charge is 0.451 e. The maximum Gasteiger partial charge on any atom is 0.287 e. The molecule has 2 aromatic rings. The van der Waals surface area contributed by atoms with Crippen molar-refractivity contribution in [3.8, 4) is 11.3 Å². The molecule has 0 spiro atoms. The summed E-state index contributed by atoms with van der Waals surface area (Å²) < 4.78 is 5.95. The molecule has 5 nitrogen and oxygen atoms in total. The van der Waals surface area contributed by atoms with Gasteiger partial charge in [-0.1, -0.05) is 12.1 Å². The first kappa shape index (κ1) is 17.8. The highest BCUT2D eigenvalue weighted by Gasteiger charge is 2.35. The summed E-state index contributed by atoms with van der Waals surface area (Å²) in [5.74, 6) is 1.70. The van der Waals surface area contributed by atoms with Gasteiger partial charge >= 0.3 is 0 Å². The van der Waals surface area contributed by atoms with Gasteiger partial charge in [-0.2, -0.15) is 0 Å². The van der Waals surface area contributed by atoms with Crippen LogP contribution in [0.4, 0.5) is 5.69 Å². The fourth-order valence-electron chi connectivity index (χ4n) is 4.99. The predicted octanol–water partition coefficient (Wildman–Crippen LogP) is 3.76. The molecule has 1 atom stereocenters. The van der Waals surface area contributed by atoms with Crippen LogP contribution in [0.5, 0.6) is 0 Å². The van der Waals surface area contributed by atoms with Gasteiger partial charge < -0.3 is 19.5 Å². The van der Waals surface area contributed by atoms with Crippen molar-refractivity contribution < 1.29 is 9.21 Å². The molecule has 0 aliphatic carbocycles. The number of carbonyl (C=O) groups excluding carboxylic acids is 1. The number of amides is 1. The summed E-state index contributed by atoms with van der Waals surface area (Å²) in [5.41, 5.74) is 2.27. The van der Waals surface area contributed by atoms with Crippen molar-refractivity contribution in [3.05, 3.63) is 42.2 Å². The van der Waals surface area contributed by atoms with E-state index in [1.165, 1.54) is 50.9 Å². The van der Waals surface area contributed by atoms with Gasteiger partial charge in [-0.25, -0.2) is 0 Å². The molecule has 4 fully saturated rings. The molecule has 148 valence electrons. The van der Waals surface area contributed by atoms with E-state index in [9.17, 15) is 4.79 Å². The Morgan fingerprint density at radius 3 is 2.57 bits per heavy atom. The first-order valence-corrected chi connectivity index (χ1v) is 10.7. The van der Waals surface area contributed by atoms with Crippen LogP contribution in [-0.2, 0) is 0 Å². The van der Waals surface area contributed by atoms with E-state index in [0.29, 0.717) is 11.7 Å². The van der Waals surface area contributed by atoms with Gasteiger partial charge in [0, 0.05) is 36.9 Å². The number of benzene rings is 1. The van der Waals surface area contributed by atoms with Gasteiger partial charge in [0.1, 0.15) is 5.76 Å². The van der Waals surface area contributed by atoms with Crippen LogP contribution in [-0.4, -0.2) is 49.6 Å². The van der Waals surface area contributed by atoms with E-state index in [1.54, 1.807) is 6.07 Å². The Balaban J connectivity index is 1.28. The average Bonchev–Trinajstić information content (AvgIpc) is 3.26. The molecule has 0 radical (unpaired) electrons. The standard InChI is InChI=1S/C23H29N3O2/c27-23(24-20-16-25-13-9-17(20)10-14-25)22-8-7-21(28-22)18-5-4-6-19(15-18)26-11-2-1-3-12-26/h4-8,15,17,20H,1-3,9-14,16H2,(H,24,27)/t20-/m0/s1. The molecule has 5 heterocycles. The molecule has 1 N–H and O–H groups in total. The molecular formula is C23H29N3O2. The van der Waals surface area contributed by atoms with Crippen molar-refractivity contribution in [1.82, 2.24) is 10.2 Å². The van der Waals surface area contributed by atoms with E-state index in [-0.39, 0.29) is 11.9 Å². The molecule has 5 heteroatoms. The number of carbonyl (C=O) groups is 1. The highest BCUT2D eigenvalue weighted by atomic mass is 16.3. The van der Waals surface area contributed by atoms with Crippen LogP contribution in [0.25, 0.3) is 11.3 Å². The third-order valence-corrected chi connectivity index (χ3v) is 6.65. The Labute approximate surface area is 166 Å². The Morgan fingerprint density at radius 1 is 1.00 bits per heavy atom. The van der Waals surface area contributed by atoms with Gasteiger partial charge in [0.25, 0.3) is 5.91 Å². The van der Waals surface area contributed by atoms with E-state index in [2.05, 4.69) is 39.4 Å². The van der Waals surface area contributed by atoms with Gasteiger partial charge in [0.2, 0.25) is 0 Å². The summed E-state index contributed by atoms with van der Waals surface area (Å²) in [7, 11) is 0. The number of hydrogen-bond acceptors (Lipinski definition) is 4. The summed E-state index contributed by atoms with van der Waals surface area (Å²) in [5, 5.41) is 3.21. The first-order valence-electron chi connectivity index (χ1n) is 10.7. The highest BCUT2D eigenvalue weighted by Crippen LogP contribution is 2.30. The van der Waals surface area contributed by atoms with Crippen molar-refractivity contribution in [3.63, 3.8) is 0 Å². The molecule has 28 heavy (non-hydrogen) atoms. The smallest absolute Gasteiger partial charge is 0.287 e. The SMILES string of the molecule is O=C(N[C@H]1CN2CCC1CC2)c1ccc(-c2cccc(N3CCCCC3)c2)o1. The lowest BCUT2D eigenvalue weighted by molar-refractivity contribution is 0.0606. The molecule has 1 aromatic heterocycles. The van der Waals surface area contributed by atoms with Crippen LogP contribution in [0, 0.1) is 5.92 Å². The number of hydrogen-bond donors (Lipinski definition) is 1. The number of rotatable bonds is 4. The maximum absolute atomic E-state index is 12.7. The monoisotopic (exact) mass is 379 g/mol. The Kier molecular flexibility index (Phi) is 4.85. The fraction of sp³-hybridized carbons (Fsp3) is 0.522. The van der Waals surface area contributed by atoms with Crippen molar-refractivity contribution >= 4 is 11.6 Å². The first-order chi connectivity index (χ1) is 13.8. The zero-order chi connectivity index (χ0) is 18.9. The quantitative estimate of drug-likeness (QED) is 0.879. The predicted molar refractivity (Wildman–Crippen MR) is 111 cm³/mol. The molecule has 4 saturated heterocycles. The fourth-order valence-corrected chi connectivity index (χ4v) is 4.99. The van der Waals surface area contributed by atoms with Crippen molar-refractivity contribution in [1.29, 1.82) is 0 Å². The topological polar surface area (TPSA) is 48.7 Å². The maximum atomic E-state index is 12.7. The minimum absolute atomic E-state index is 0.0859. The van der Waals surface area contributed by atoms with Crippen molar-refractivity contribution in [2.45, 2.75) is 38.1 Å². The summed E-state index contributed by atoms with van der Waals surface area (Å²) >= 11 is 0. The minimum Gasteiger partial charge on any atom is -0.451 e. The lowest BCUT2D eigenvalue weighted by Gasteiger charge is -2.44. The van der Waals surface area contributed by atoms with E-state index >= 15 is 0 Å². The van der Waals surface area contributed by atoms with Gasteiger partial charge in [0.05, 0.1) is 0 Å². The summed E-state index contributed by atoms with van der Waals surface area (Å²) in [4.78, 5) is 17.6. The zero-order valence-electron chi connectivity index (χ0n) is 16.4.